The molecule has 7 heteroatoms. The average Bonchev–Trinajstić information content (AvgIpc) is 2.22. The Hall–Kier alpha value is -1.50. The van der Waals surface area contributed by atoms with E-state index >= 15 is 0 Å². The fourth-order valence-corrected chi connectivity index (χ4v) is 0.892. The molecule has 98 valence electrons. The summed E-state index contributed by atoms with van der Waals surface area (Å²) < 4.78 is 26.3. The summed E-state index contributed by atoms with van der Waals surface area (Å²) in [7, 11) is 0. The summed E-state index contributed by atoms with van der Waals surface area (Å²) >= 11 is 0. The minimum Gasteiger partial charge on any atom is -0.480 e. The number of aliphatic imine (C=N–C) groups is 1. The molecule has 0 aliphatic heterocycles. The Kier molecular flexibility index (Phi) is 5.73. The van der Waals surface area contributed by atoms with E-state index in [2.05, 4.69) is 4.99 Å². The van der Waals surface area contributed by atoms with Crippen LogP contribution < -0.4 is 11.5 Å². The van der Waals surface area contributed by atoms with Crippen LogP contribution in [0.1, 0.15) is 26.7 Å². The second-order valence-corrected chi connectivity index (χ2v) is 3.99. The van der Waals surface area contributed by atoms with Gasteiger partial charge >= 0.3 is 5.97 Å². The fraction of sp³-hybridized carbons (Fsp3) is 0.600. The van der Waals surface area contributed by atoms with Crippen molar-refractivity contribution in [2.75, 3.05) is 6.54 Å². The van der Waals surface area contributed by atoms with Crippen molar-refractivity contribution >= 4 is 11.8 Å². The van der Waals surface area contributed by atoms with Gasteiger partial charge in [0.1, 0.15) is 11.4 Å². The van der Waals surface area contributed by atoms with Crippen molar-refractivity contribution in [3.8, 4) is 0 Å². The van der Waals surface area contributed by atoms with Crippen molar-refractivity contribution in [1.29, 1.82) is 0 Å². The van der Waals surface area contributed by atoms with Crippen molar-refractivity contribution < 1.29 is 18.7 Å². The third-order valence-electron chi connectivity index (χ3n) is 2.11. The summed E-state index contributed by atoms with van der Waals surface area (Å²) in [6.45, 7) is 2.21. The first-order valence-electron chi connectivity index (χ1n) is 4.98. The lowest BCUT2D eigenvalue weighted by atomic mass is 9.97. The van der Waals surface area contributed by atoms with E-state index in [1.54, 1.807) is 0 Å². The van der Waals surface area contributed by atoms with Crippen LogP contribution in [0.4, 0.5) is 8.78 Å². The van der Waals surface area contributed by atoms with Gasteiger partial charge in [-0.3, -0.25) is 9.79 Å². The molecule has 0 aromatic heterocycles. The minimum atomic E-state index is -1.58. The Morgan fingerprint density at radius 3 is 2.35 bits per heavy atom. The summed E-state index contributed by atoms with van der Waals surface area (Å²) in [6.07, 6.45) is -0.586. The van der Waals surface area contributed by atoms with Crippen LogP contribution in [0.3, 0.4) is 0 Å². The van der Waals surface area contributed by atoms with Crippen LogP contribution in [0.15, 0.2) is 16.6 Å². The molecular formula is C10H17F2N3O2. The van der Waals surface area contributed by atoms with E-state index < -0.39 is 29.7 Å². The first-order chi connectivity index (χ1) is 7.66. The molecule has 0 fully saturated rings. The highest BCUT2D eigenvalue weighted by molar-refractivity contribution is 5.78. The number of nitrogens with zero attached hydrogens (tertiary/aromatic N) is 1. The summed E-state index contributed by atoms with van der Waals surface area (Å²) in [5.41, 5.74) is 8.96. The predicted molar refractivity (Wildman–Crippen MR) is 60.9 cm³/mol. The molecule has 0 aromatic carbocycles. The second-order valence-electron chi connectivity index (χ2n) is 3.99. The minimum absolute atomic E-state index is 0.141. The Bertz CT molecular complexity index is 347. The maximum Gasteiger partial charge on any atom is 0.323 e. The molecule has 0 aliphatic rings. The lowest BCUT2D eigenvalue weighted by Crippen LogP contribution is -2.44. The van der Waals surface area contributed by atoms with E-state index in [0.717, 1.165) is 0 Å². The Morgan fingerprint density at radius 1 is 1.41 bits per heavy atom. The number of halogens is 2. The summed E-state index contributed by atoms with van der Waals surface area (Å²) in [5.74, 6) is -3.23. The number of carboxylic acids is 1. The van der Waals surface area contributed by atoms with Gasteiger partial charge in [0.15, 0.2) is 5.83 Å². The number of carbonyl (C=O) groups is 1. The van der Waals surface area contributed by atoms with Gasteiger partial charge in [0, 0.05) is 6.42 Å². The molecule has 0 bridgehead atoms. The van der Waals surface area contributed by atoms with Crippen LogP contribution >= 0.6 is 0 Å². The van der Waals surface area contributed by atoms with Gasteiger partial charge in [0.05, 0.1) is 12.4 Å². The predicted octanol–water partition coefficient (Wildman–Crippen LogP) is 1.10. The topological polar surface area (TPSA) is 102 Å². The number of allylic oxidation sites excluding steroid dienone is 1. The molecule has 0 spiro atoms. The largest absolute Gasteiger partial charge is 0.480 e. The van der Waals surface area contributed by atoms with Gasteiger partial charge in [0.25, 0.3) is 0 Å². The molecule has 0 unspecified atom stereocenters. The van der Waals surface area contributed by atoms with Gasteiger partial charge in [-0.15, -0.1) is 0 Å². The number of hydrogen-bond donors (Lipinski definition) is 3. The van der Waals surface area contributed by atoms with Gasteiger partial charge in [-0.25, -0.2) is 8.78 Å². The molecule has 5 nitrogen and oxygen atoms in total. The van der Waals surface area contributed by atoms with Crippen molar-refractivity contribution in [2.45, 2.75) is 32.2 Å². The second kappa shape index (κ2) is 6.29. The highest BCUT2D eigenvalue weighted by Gasteiger charge is 2.28. The number of carboxylic acid groups (broad SMARTS) is 1. The Balaban J connectivity index is 4.43. The van der Waals surface area contributed by atoms with Crippen molar-refractivity contribution in [2.24, 2.45) is 16.5 Å². The van der Waals surface area contributed by atoms with Gasteiger partial charge in [-0.2, -0.15) is 0 Å². The van der Waals surface area contributed by atoms with Gasteiger partial charge < -0.3 is 16.6 Å². The monoisotopic (exact) mass is 249 g/mol. The zero-order valence-electron chi connectivity index (χ0n) is 9.83. The van der Waals surface area contributed by atoms with Crippen LogP contribution in [0.25, 0.3) is 0 Å². The van der Waals surface area contributed by atoms with E-state index in [9.17, 15) is 13.6 Å². The maximum absolute atomic E-state index is 13.2. The SMILES string of the molecule is CC(N)=NC/C(F)=C(/F)CC[C@@](C)(N)C(=O)O. The molecule has 0 saturated carbocycles. The van der Waals surface area contributed by atoms with Crippen LogP contribution in [0.5, 0.6) is 0 Å². The Labute approximate surface area is 98.2 Å². The highest BCUT2D eigenvalue weighted by Crippen LogP contribution is 2.19. The number of amidine groups is 1. The van der Waals surface area contributed by atoms with E-state index in [-0.39, 0.29) is 18.7 Å². The van der Waals surface area contributed by atoms with E-state index in [1.807, 2.05) is 0 Å². The number of nitrogens with two attached hydrogens (primary N) is 2. The maximum atomic E-state index is 13.2. The Morgan fingerprint density at radius 2 is 1.94 bits per heavy atom. The molecule has 0 radical (unpaired) electrons. The number of aliphatic carboxylic acids is 1. The van der Waals surface area contributed by atoms with Crippen molar-refractivity contribution in [3.05, 3.63) is 11.7 Å². The molecule has 17 heavy (non-hydrogen) atoms. The number of hydrogen-bond acceptors (Lipinski definition) is 3. The van der Waals surface area contributed by atoms with Gasteiger partial charge in [-0.1, -0.05) is 0 Å². The van der Waals surface area contributed by atoms with Crippen LogP contribution in [-0.4, -0.2) is 29.0 Å². The normalized spacial score (nSPS) is 17.4. The van der Waals surface area contributed by atoms with Crippen LogP contribution in [-0.2, 0) is 4.79 Å². The van der Waals surface area contributed by atoms with Gasteiger partial charge in [0.2, 0.25) is 0 Å². The van der Waals surface area contributed by atoms with Gasteiger partial charge in [-0.05, 0) is 20.3 Å². The molecular weight excluding hydrogens is 232 g/mol. The first kappa shape index (κ1) is 15.5. The standard InChI is InChI=1S/C10H17F2N3O2/c1-6(13)15-5-8(12)7(11)3-4-10(2,14)9(16)17/h3-5,14H2,1-2H3,(H2,13,15)(H,16,17)/b8-7-/t10-/m1/s1. The quantitative estimate of drug-likeness (QED) is 0.484. The zero-order valence-corrected chi connectivity index (χ0v) is 9.83. The van der Waals surface area contributed by atoms with E-state index in [1.165, 1.54) is 13.8 Å². The fourth-order valence-electron chi connectivity index (χ4n) is 0.892. The molecule has 0 heterocycles. The van der Waals surface area contributed by atoms with Crippen LogP contribution in [0, 0.1) is 0 Å². The van der Waals surface area contributed by atoms with E-state index in [4.69, 9.17) is 16.6 Å². The molecule has 0 aromatic rings. The first-order valence-corrected chi connectivity index (χ1v) is 4.98. The highest BCUT2D eigenvalue weighted by atomic mass is 19.2. The third-order valence-corrected chi connectivity index (χ3v) is 2.11. The average molecular weight is 249 g/mol. The number of rotatable bonds is 6. The molecule has 5 N–H and O–H groups in total. The molecule has 0 amide bonds. The molecule has 0 rings (SSSR count). The lowest BCUT2D eigenvalue weighted by Gasteiger charge is -2.18. The molecule has 1 atom stereocenters. The smallest absolute Gasteiger partial charge is 0.323 e. The summed E-state index contributed by atoms with van der Waals surface area (Å²) in [5, 5.41) is 8.67. The van der Waals surface area contributed by atoms with Crippen molar-refractivity contribution in [1.82, 2.24) is 0 Å². The van der Waals surface area contributed by atoms with E-state index in [0.29, 0.717) is 0 Å². The summed E-state index contributed by atoms with van der Waals surface area (Å²) in [4.78, 5) is 14.1. The molecule has 0 saturated heterocycles. The third kappa shape index (κ3) is 5.96. The van der Waals surface area contributed by atoms with Crippen molar-refractivity contribution in [3.63, 3.8) is 0 Å². The summed E-state index contributed by atoms with van der Waals surface area (Å²) in [6, 6.07) is 0. The van der Waals surface area contributed by atoms with Crippen LogP contribution in [0.2, 0.25) is 0 Å². The molecule has 0 aliphatic carbocycles. The lowest BCUT2D eigenvalue weighted by molar-refractivity contribution is -0.142. The zero-order chi connectivity index (χ0) is 13.6.